The van der Waals surface area contributed by atoms with Crippen LogP contribution < -0.4 is 8.37 Å². The molecule has 8 rings (SSSR count). The number of aliphatic carboxylic acids is 2. The lowest BCUT2D eigenvalue weighted by Gasteiger charge is -2.08. The largest absolute Gasteiger partial charge is 0.480 e. The summed E-state index contributed by atoms with van der Waals surface area (Å²) in [6.07, 6.45) is 0. The van der Waals surface area contributed by atoms with Gasteiger partial charge in [0, 0.05) is 34.4 Å². The Balaban J connectivity index is 0.000000180. The smallest absolute Gasteiger partial charge is 0.339 e. The van der Waals surface area contributed by atoms with Gasteiger partial charge < -0.3 is 18.6 Å². The highest BCUT2D eigenvalue weighted by atomic mass is 32.2. The van der Waals surface area contributed by atoms with Crippen LogP contribution in [0, 0.1) is 10.1 Å². The van der Waals surface area contributed by atoms with E-state index in [2.05, 4.69) is 20.0 Å². The fourth-order valence-electron chi connectivity index (χ4n) is 5.50. The van der Waals surface area contributed by atoms with Crippen LogP contribution in [0.3, 0.4) is 0 Å². The molecular formula is C38H27N5O12S4. The molecule has 0 saturated carbocycles. The minimum atomic E-state index is -4.18. The summed E-state index contributed by atoms with van der Waals surface area (Å²) in [5.41, 5.74) is 2.08. The molecule has 2 aliphatic heterocycles. The summed E-state index contributed by atoms with van der Waals surface area (Å²) in [4.78, 5) is 49.3. The average Bonchev–Trinajstić information content (AvgIpc) is 3.93. The standard InChI is InChI=1S/C19H13N3O7S2.C19H14N2O5S2/c23-19(24)17-10-30-18(21-17)16-7-1-11-9-13(4-8-15(11)20-16)29-31(27,28)14-5-2-12(3-6-14)22(25)26;22-19(23)17-11-27-18(21-17)16-8-6-12-10-13(7-9-15(12)20-16)26-28(24,25)14-4-2-1-3-5-14/h1-9,17H,10H2,(H,23,24);1-10,17H,11H2,(H,22,23)/t2*17-/m11/s1. The Kier molecular flexibility index (Phi) is 11.6. The van der Waals surface area contributed by atoms with Gasteiger partial charge in [0.15, 0.2) is 12.1 Å². The molecule has 0 aliphatic carbocycles. The number of rotatable bonds is 11. The summed E-state index contributed by atoms with van der Waals surface area (Å²) in [5, 5.41) is 31.3. The molecule has 0 bridgehead atoms. The number of carbonyl (C=O) groups is 2. The van der Waals surface area contributed by atoms with E-state index < -0.39 is 49.2 Å². The number of nitro groups is 1. The van der Waals surface area contributed by atoms with Gasteiger partial charge in [-0.25, -0.2) is 19.6 Å². The van der Waals surface area contributed by atoms with Crippen LogP contribution in [-0.2, 0) is 29.8 Å². The highest BCUT2D eigenvalue weighted by Crippen LogP contribution is 2.29. The van der Waals surface area contributed by atoms with Gasteiger partial charge >= 0.3 is 32.2 Å². The van der Waals surface area contributed by atoms with E-state index in [9.17, 15) is 36.5 Å². The number of fused-ring (bicyclic) bond motifs is 2. The van der Waals surface area contributed by atoms with Gasteiger partial charge in [0.2, 0.25) is 0 Å². The number of nitro benzene ring substituents is 1. The topological polar surface area (TPSA) is 255 Å². The maximum Gasteiger partial charge on any atom is 0.339 e. The van der Waals surface area contributed by atoms with Crippen molar-refractivity contribution in [3.05, 3.63) is 137 Å². The zero-order valence-electron chi connectivity index (χ0n) is 29.9. The first-order valence-corrected chi connectivity index (χ1v) is 21.8. The zero-order valence-corrected chi connectivity index (χ0v) is 33.2. The molecule has 21 heteroatoms. The van der Waals surface area contributed by atoms with Crippen LogP contribution in [0.1, 0.15) is 11.4 Å². The predicted octanol–water partition coefficient (Wildman–Crippen LogP) is 5.81. The minimum absolute atomic E-state index is 0.0546. The molecule has 0 saturated heterocycles. The maximum atomic E-state index is 12.5. The van der Waals surface area contributed by atoms with Crippen LogP contribution in [0.5, 0.6) is 11.5 Å². The number of hydrogen-bond donors (Lipinski definition) is 2. The number of carboxylic acids is 2. The molecule has 2 aliphatic rings. The lowest BCUT2D eigenvalue weighted by atomic mass is 10.2. The van der Waals surface area contributed by atoms with E-state index in [1.807, 2.05) is 0 Å². The normalized spacial score (nSPS) is 16.4. The number of hydrogen-bond acceptors (Lipinski definition) is 16. The van der Waals surface area contributed by atoms with Crippen LogP contribution in [0.25, 0.3) is 21.8 Å². The summed E-state index contributed by atoms with van der Waals surface area (Å²) in [6.45, 7) is 0. The Morgan fingerprint density at radius 1 is 0.627 bits per heavy atom. The highest BCUT2D eigenvalue weighted by molar-refractivity contribution is 8.15. The average molecular weight is 874 g/mol. The van der Waals surface area contributed by atoms with E-state index in [-0.39, 0.29) is 27.0 Å². The van der Waals surface area contributed by atoms with Crippen molar-refractivity contribution in [3.8, 4) is 11.5 Å². The Hall–Kier alpha value is -6.42. The molecule has 0 fully saturated rings. The molecule has 4 heterocycles. The van der Waals surface area contributed by atoms with Crippen molar-refractivity contribution in [2.24, 2.45) is 9.98 Å². The van der Waals surface area contributed by atoms with E-state index in [1.165, 1.54) is 53.9 Å². The fraction of sp³-hybridized carbons (Fsp3) is 0.105. The second kappa shape index (κ2) is 16.8. The molecule has 2 aromatic heterocycles. The fourth-order valence-corrected chi connectivity index (χ4v) is 9.36. The van der Waals surface area contributed by atoms with E-state index >= 15 is 0 Å². The summed E-state index contributed by atoms with van der Waals surface area (Å²) >= 11 is 2.66. The van der Waals surface area contributed by atoms with E-state index in [0.717, 1.165) is 24.3 Å². The number of aliphatic imine (C=N–C) groups is 2. The van der Waals surface area contributed by atoms with Gasteiger partial charge in [-0.1, -0.05) is 30.3 Å². The molecular weight excluding hydrogens is 847 g/mol. The van der Waals surface area contributed by atoms with Gasteiger partial charge in [0.1, 0.15) is 31.4 Å². The number of thioether (sulfide) groups is 2. The van der Waals surface area contributed by atoms with Crippen molar-refractivity contribution in [2.45, 2.75) is 21.9 Å². The number of benzene rings is 4. The second-order valence-corrected chi connectivity index (χ2v) is 17.5. The second-order valence-electron chi connectivity index (χ2n) is 12.4. The van der Waals surface area contributed by atoms with E-state index in [4.69, 9.17) is 18.6 Å². The predicted molar refractivity (Wildman–Crippen MR) is 219 cm³/mol. The first-order valence-electron chi connectivity index (χ1n) is 17.0. The molecule has 17 nitrogen and oxygen atoms in total. The molecule has 2 N–H and O–H groups in total. The Labute approximate surface area is 343 Å². The Bertz CT molecular complexity index is 2930. The molecule has 0 unspecified atom stereocenters. The van der Waals surface area contributed by atoms with Crippen LogP contribution in [-0.4, -0.2) is 87.6 Å². The lowest BCUT2D eigenvalue weighted by molar-refractivity contribution is -0.384. The molecule has 300 valence electrons. The maximum absolute atomic E-state index is 12.5. The minimum Gasteiger partial charge on any atom is -0.480 e. The lowest BCUT2D eigenvalue weighted by Crippen LogP contribution is -2.17. The number of non-ortho nitro benzene ring substituents is 1. The van der Waals surface area contributed by atoms with Gasteiger partial charge in [0.25, 0.3) is 5.69 Å². The van der Waals surface area contributed by atoms with Crippen LogP contribution in [0.4, 0.5) is 5.69 Å². The monoisotopic (exact) mass is 873 g/mol. The van der Waals surface area contributed by atoms with Crippen LogP contribution >= 0.6 is 23.5 Å². The number of pyridine rings is 2. The highest BCUT2D eigenvalue weighted by Gasteiger charge is 2.27. The number of carboxylic acid groups (broad SMARTS) is 2. The first kappa shape index (κ1) is 40.8. The van der Waals surface area contributed by atoms with Crippen LogP contribution in [0.2, 0.25) is 0 Å². The van der Waals surface area contributed by atoms with Crippen molar-refractivity contribution >= 4 is 93.3 Å². The Morgan fingerprint density at radius 3 is 1.47 bits per heavy atom. The third kappa shape index (κ3) is 9.49. The molecule has 59 heavy (non-hydrogen) atoms. The SMILES string of the molecule is O=C(O)[C@H]1CSC(c2ccc3cc(OS(=O)(=O)c4ccc([N+](=O)[O-])cc4)ccc3n2)=N1.O=C(O)[C@H]1CSC(c2ccc3cc(OS(=O)(=O)c4ccccc4)ccc3n2)=N1. The zero-order chi connectivity index (χ0) is 41.9. The van der Waals surface area contributed by atoms with Crippen molar-refractivity contribution in [3.63, 3.8) is 0 Å². The van der Waals surface area contributed by atoms with E-state index in [0.29, 0.717) is 54.8 Å². The van der Waals surface area contributed by atoms with Gasteiger partial charge in [-0.3, -0.25) is 20.1 Å². The first-order chi connectivity index (χ1) is 28.1. The van der Waals surface area contributed by atoms with Gasteiger partial charge in [-0.2, -0.15) is 16.8 Å². The summed E-state index contributed by atoms with van der Waals surface area (Å²) < 4.78 is 60.0. The quantitative estimate of drug-likeness (QED) is 0.0885. The number of aromatic nitrogens is 2. The molecule has 0 radical (unpaired) electrons. The van der Waals surface area contributed by atoms with Gasteiger partial charge in [-0.15, -0.1) is 23.5 Å². The van der Waals surface area contributed by atoms with Crippen LogP contribution in [0.15, 0.2) is 135 Å². The molecule has 0 amide bonds. The van der Waals surface area contributed by atoms with Crippen molar-refractivity contribution in [1.29, 1.82) is 0 Å². The summed E-state index contributed by atoms with van der Waals surface area (Å²) in [6, 6.07) is 26.9. The molecule has 6 aromatic rings. The summed E-state index contributed by atoms with van der Waals surface area (Å²) in [7, 11) is -8.10. The summed E-state index contributed by atoms with van der Waals surface area (Å²) in [5.74, 6) is -0.973. The third-order valence-corrected chi connectivity index (χ3v) is 13.1. The van der Waals surface area contributed by atoms with Crippen molar-refractivity contribution in [2.75, 3.05) is 11.5 Å². The molecule has 0 spiro atoms. The number of nitrogens with zero attached hydrogens (tertiary/aromatic N) is 5. The van der Waals surface area contributed by atoms with Gasteiger partial charge in [-0.05, 0) is 72.8 Å². The Morgan fingerprint density at radius 2 is 1.07 bits per heavy atom. The van der Waals surface area contributed by atoms with Crippen molar-refractivity contribution < 1.29 is 49.9 Å². The molecule has 2 atom stereocenters. The van der Waals surface area contributed by atoms with E-state index in [1.54, 1.807) is 60.7 Å². The third-order valence-electron chi connectivity index (χ3n) is 8.41. The van der Waals surface area contributed by atoms with Crippen molar-refractivity contribution in [1.82, 2.24) is 9.97 Å². The molecule has 4 aromatic carbocycles. The van der Waals surface area contributed by atoms with Gasteiger partial charge in [0.05, 0.1) is 27.3 Å².